The zero-order valence-corrected chi connectivity index (χ0v) is 29.1. The molecule has 1 aromatic heterocycles. The minimum absolute atomic E-state index is 0.0824. The van der Waals surface area contributed by atoms with Crippen LogP contribution in [0.5, 0.6) is 0 Å². The molecule has 0 N–H and O–H groups in total. The van der Waals surface area contributed by atoms with E-state index in [1.54, 1.807) is 33.4 Å². The number of esters is 1. The van der Waals surface area contributed by atoms with Gasteiger partial charge < -0.3 is 19.3 Å². The number of amides is 1. The van der Waals surface area contributed by atoms with Crippen molar-refractivity contribution in [1.82, 2.24) is 19.9 Å². The maximum Gasteiger partial charge on any atom is 0.416 e. The number of benzene rings is 1. The SMILES string of the molecule is CC[C@@H]1CC(N(Cc2cc(C(F)(F)F)cc(C(F)(F)F)c2)c2ncc(C3C=NN(C)C3)cn2)C[C@H](CC)N1C(=O)OCC1(C(=O)OC)CCCC1. The number of aromatic nitrogens is 2. The van der Waals surface area contributed by atoms with E-state index in [0.717, 1.165) is 30.5 Å². The lowest BCUT2D eigenvalue weighted by Crippen LogP contribution is -2.57. The molecule has 16 heteroatoms. The van der Waals surface area contributed by atoms with Crippen molar-refractivity contribution in [2.24, 2.45) is 10.5 Å². The number of nitrogens with zero attached hydrogens (tertiary/aromatic N) is 6. The van der Waals surface area contributed by atoms with Crippen LogP contribution in [0.1, 0.15) is 93.4 Å². The molecular weight excluding hydrogens is 682 g/mol. The van der Waals surface area contributed by atoms with E-state index in [2.05, 4.69) is 15.1 Å². The number of halogens is 6. The van der Waals surface area contributed by atoms with Gasteiger partial charge in [0.25, 0.3) is 0 Å². The predicted octanol–water partition coefficient (Wildman–Crippen LogP) is 7.43. The minimum atomic E-state index is -5.01. The number of piperidine rings is 1. The van der Waals surface area contributed by atoms with Gasteiger partial charge in [0, 0.05) is 62.8 Å². The fourth-order valence-electron chi connectivity index (χ4n) is 7.59. The van der Waals surface area contributed by atoms with Crippen LogP contribution in [0.15, 0.2) is 35.7 Å². The number of hydrogen-bond acceptors (Lipinski definition) is 9. The Morgan fingerprint density at radius 1 is 0.941 bits per heavy atom. The average Bonchev–Trinajstić information content (AvgIpc) is 3.77. The van der Waals surface area contributed by atoms with Crippen LogP contribution in [0, 0.1) is 5.41 Å². The van der Waals surface area contributed by atoms with Gasteiger partial charge in [-0.3, -0.25) is 9.80 Å². The van der Waals surface area contributed by atoms with Crippen molar-refractivity contribution in [3.8, 4) is 0 Å². The number of ether oxygens (including phenoxy) is 2. The summed E-state index contributed by atoms with van der Waals surface area (Å²) in [5, 5.41) is 6.00. The Bertz CT molecular complexity index is 1520. The number of hydrazone groups is 1. The number of likely N-dealkylation sites (N-methyl/N-ethyl adjacent to an activating group) is 1. The van der Waals surface area contributed by atoms with Crippen LogP contribution in [-0.2, 0) is 33.2 Å². The zero-order chi connectivity index (χ0) is 37.1. The highest BCUT2D eigenvalue weighted by atomic mass is 19.4. The quantitative estimate of drug-likeness (QED) is 0.184. The van der Waals surface area contributed by atoms with Crippen LogP contribution >= 0.6 is 0 Å². The van der Waals surface area contributed by atoms with Crippen molar-refractivity contribution in [2.75, 3.05) is 32.2 Å². The molecule has 1 aromatic carbocycles. The molecule has 2 aliphatic heterocycles. The summed E-state index contributed by atoms with van der Waals surface area (Å²) < 4.78 is 93.9. The lowest BCUT2D eigenvalue weighted by Gasteiger charge is -2.47. The summed E-state index contributed by atoms with van der Waals surface area (Å²) in [6, 6.07) is 0.315. The van der Waals surface area contributed by atoms with Gasteiger partial charge in [-0.2, -0.15) is 31.4 Å². The highest BCUT2D eigenvalue weighted by Gasteiger charge is 2.46. The standard InChI is InChI=1S/C35H44F6N6O4/c1-5-27-14-29(15-28(6-2)47(27)32(49)51-21-33(30(48)50-4)9-7-8-10-33)46(31-42-16-23(17-43-31)24-18-44-45(3)20-24)19-22-11-25(34(36,37)38)13-26(12-22)35(39,40)41/h11-13,16-18,24,27-29H,5-10,14-15,19-21H2,1-4H3/t24?,27-,28+,29?. The van der Waals surface area contributed by atoms with E-state index >= 15 is 0 Å². The smallest absolute Gasteiger partial charge is 0.416 e. The number of anilines is 1. The van der Waals surface area contributed by atoms with E-state index in [9.17, 15) is 35.9 Å². The molecule has 2 fully saturated rings. The third-order valence-electron chi connectivity index (χ3n) is 10.4. The van der Waals surface area contributed by atoms with Gasteiger partial charge in [-0.15, -0.1) is 0 Å². The predicted molar refractivity (Wildman–Crippen MR) is 176 cm³/mol. The number of carbonyl (C=O) groups is 2. The number of rotatable bonds is 10. The van der Waals surface area contributed by atoms with Crippen molar-refractivity contribution in [1.29, 1.82) is 0 Å². The van der Waals surface area contributed by atoms with Crippen LogP contribution in [0.2, 0.25) is 0 Å². The van der Waals surface area contributed by atoms with Crippen LogP contribution in [0.25, 0.3) is 0 Å². The van der Waals surface area contributed by atoms with Gasteiger partial charge >= 0.3 is 24.4 Å². The first-order chi connectivity index (χ1) is 24.1. The molecule has 0 radical (unpaired) electrons. The van der Waals surface area contributed by atoms with Crippen molar-refractivity contribution >= 4 is 24.2 Å². The van der Waals surface area contributed by atoms with E-state index in [0.29, 0.717) is 45.1 Å². The van der Waals surface area contributed by atoms with Gasteiger partial charge in [-0.25, -0.2) is 14.8 Å². The second-order valence-corrected chi connectivity index (χ2v) is 13.8. The first kappa shape index (κ1) is 38.1. The molecule has 280 valence electrons. The number of likely N-dealkylation sites (tertiary alicyclic amines) is 1. The Labute approximate surface area is 293 Å². The molecule has 1 amide bonds. The summed E-state index contributed by atoms with van der Waals surface area (Å²) in [5.41, 5.74) is -3.16. The zero-order valence-electron chi connectivity index (χ0n) is 29.1. The highest BCUT2D eigenvalue weighted by Crippen LogP contribution is 2.41. The number of carbonyl (C=O) groups excluding carboxylic acids is 2. The maximum atomic E-state index is 13.8. The molecule has 3 heterocycles. The molecular formula is C35H44F6N6O4. The molecule has 3 aliphatic rings. The van der Waals surface area contributed by atoms with Gasteiger partial charge in [0.1, 0.15) is 12.0 Å². The van der Waals surface area contributed by atoms with Crippen molar-refractivity contribution < 1.29 is 45.4 Å². The topological polar surface area (TPSA) is 100 Å². The molecule has 0 spiro atoms. The normalized spacial score (nSPS) is 23.4. The van der Waals surface area contributed by atoms with Gasteiger partial charge in [-0.1, -0.05) is 26.7 Å². The highest BCUT2D eigenvalue weighted by molar-refractivity contribution is 5.78. The van der Waals surface area contributed by atoms with Crippen molar-refractivity contribution in [2.45, 2.75) is 108 Å². The molecule has 51 heavy (non-hydrogen) atoms. The Balaban J connectivity index is 1.46. The van der Waals surface area contributed by atoms with E-state index in [4.69, 9.17) is 9.47 Å². The summed E-state index contributed by atoms with van der Waals surface area (Å²) in [6.45, 7) is 3.93. The fourth-order valence-corrected chi connectivity index (χ4v) is 7.59. The molecule has 5 rings (SSSR count). The molecule has 2 unspecified atom stereocenters. The molecule has 1 saturated carbocycles. The molecule has 10 nitrogen and oxygen atoms in total. The minimum Gasteiger partial charge on any atom is -0.468 e. The molecule has 0 bridgehead atoms. The van der Waals surface area contributed by atoms with Crippen LogP contribution in [-0.4, -0.2) is 83.6 Å². The second kappa shape index (κ2) is 15.2. The summed E-state index contributed by atoms with van der Waals surface area (Å²) >= 11 is 0. The Morgan fingerprint density at radius 3 is 1.98 bits per heavy atom. The molecule has 1 aliphatic carbocycles. The first-order valence-corrected chi connectivity index (χ1v) is 17.2. The lowest BCUT2D eigenvalue weighted by atomic mass is 9.87. The fraction of sp³-hybridized carbons (Fsp3) is 0.629. The van der Waals surface area contributed by atoms with E-state index in [-0.39, 0.29) is 36.6 Å². The Hall–Kier alpha value is -4.11. The van der Waals surface area contributed by atoms with Crippen molar-refractivity contribution in [3.63, 3.8) is 0 Å². The monoisotopic (exact) mass is 726 g/mol. The molecule has 1 saturated heterocycles. The summed E-state index contributed by atoms with van der Waals surface area (Å²) in [4.78, 5) is 38.8. The first-order valence-electron chi connectivity index (χ1n) is 17.2. The second-order valence-electron chi connectivity index (χ2n) is 13.8. The van der Waals surface area contributed by atoms with Crippen LogP contribution in [0.3, 0.4) is 0 Å². The molecule has 4 atom stereocenters. The van der Waals surface area contributed by atoms with Crippen molar-refractivity contribution in [3.05, 3.63) is 52.8 Å². The summed E-state index contributed by atoms with van der Waals surface area (Å²) in [5.74, 6) is -0.358. The third kappa shape index (κ3) is 8.52. The van der Waals surface area contributed by atoms with Gasteiger partial charge in [0.05, 0.1) is 18.2 Å². The van der Waals surface area contributed by atoms with Gasteiger partial charge in [0.15, 0.2) is 0 Å². The molecule has 2 aromatic rings. The van der Waals surface area contributed by atoms with Gasteiger partial charge in [-0.05, 0) is 67.9 Å². The van der Waals surface area contributed by atoms with Crippen LogP contribution in [0.4, 0.5) is 37.1 Å². The largest absolute Gasteiger partial charge is 0.468 e. The number of methoxy groups -OCH3 is 1. The van der Waals surface area contributed by atoms with Crippen LogP contribution < -0.4 is 4.90 Å². The lowest BCUT2D eigenvalue weighted by molar-refractivity contribution is -0.155. The third-order valence-corrected chi connectivity index (χ3v) is 10.4. The van der Waals surface area contributed by atoms with E-state index in [1.165, 1.54) is 7.11 Å². The summed E-state index contributed by atoms with van der Waals surface area (Å²) in [7, 11) is 3.13. The average molecular weight is 727 g/mol. The summed E-state index contributed by atoms with van der Waals surface area (Å²) in [6.07, 6.45) is -1.29. The Kier molecular flexibility index (Phi) is 11.4. The van der Waals surface area contributed by atoms with E-state index < -0.39 is 59.1 Å². The maximum absolute atomic E-state index is 13.8. The Morgan fingerprint density at radius 2 is 1.51 bits per heavy atom. The van der Waals surface area contributed by atoms with E-state index in [1.807, 2.05) is 20.9 Å². The number of alkyl halides is 6. The number of hydrogen-bond donors (Lipinski definition) is 0. The van der Waals surface area contributed by atoms with Gasteiger partial charge in [0.2, 0.25) is 5.95 Å².